The smallest absolute Gasteiger partial charge is 0.365 e. The van der Waals surface area contributed by atoms with E-state index in [1.54, 1.807) is 0 Å². The Morgan fingerprint density at radius 1 is 1.12 bits per heavy atom. The number of carbonyl (C=O) groups is 1. The van der Waals surface area contributed by atoms with Crippen molar-refractivity contribution in [2.24, 2.45) is 5.92 Å². The van der Waals surface area contributed by atoms with Crippen LogP contribution in [0.1, 0.15) is 79.7 Å². The van der Waals surface area contributed by atoms with Gasteiger partial charge >= 0.3 is 5.97 Å². The quantitative estimate of drug-likeness (QED) is 0.302. The third kappa shape index (κ3) is 8.94. The maximum absolute atomic E-state index is 12.8. The Bertz CT molecular complexity index is 752. The Labute approximate surface area is 202 Å². The van der Waals surface area contributed by atoms with Crippen LogP contribution in [0.25, 0.3) is 0 Å². The first-order chi connectivity index (χ1) is 15.2. The fourth-order valence-electron chi connectivity index (χ4n) is 4.42. The number of esters is 1. The van der Waals surface area contributed by atoms with Crippen molar-refractivity contribution in [3.05, 3.63) is 29.8 Å². The van der Waals surface area contributed by atoms with E-state index in [-0.39, 0.29) is 23.7 Å². The molecule has 188 valence electrons. The third-order valence-corrected chi connectivity index (χ3v) is 7.01. The SMILES string of the molecule is Cc1ccc(OC(C)C(C)CCOC(C)(C)CC[N+]2(C)CCCC2C(=O)OC(C)(C)C)cc1. The summed E-state index contributed by atoms with van der Waals surface area (Å²) in [5.74, 6) is 1.25. The van der Waals surface area contributed by atoms with Crippen molar-refractivity contribution in [1.82, 2.24) is 0 Å². The number of likely N-dealkylation sites (N-methyl/N-ethyl adjacent to an activating group) is 1. The molecule has 33 heavy (non-hydrogen) atoms. The Morgan fingerprint density at radius 2 is 1.76 bits per heavy atom. The van der Waals surface area contributed by atoms with Gasteiger partial charge in [0.25, 0.3) is 0 Å². The van der Waals surface area contributed by atoms with Crippen LogP contribution in [0, 0.1) is 12.8 Å². The second-order valence-electron chi connectivity index (χ2n) is 11.9. The van der Waals surface area contributed by atoms with Gasteiger partial charge in [0, 0.05) is 25.9 Å². The Kier molecular flexibility index (Phi) is 9.41. The molecule has 2 rings (SSSR count). The zero-order valence-corrected chi connectivity index (χ0v) is 22.6. The lowest BCUT2D eigenvalue weighted by Crippen LogP contribution is -2.54. The van der Waals surface area contributed by atoms with Crippen LogP contribution in [0.4, 0.5) is 0 Å². The Morgan fingerprint density at radius 3 is 2.36 bits per heavy atom. The van der Waals surface area contributed by atoms with Crippen LogP contribution in [0.2, 0.25) is 0 Å². The van der Waals surface area contributed by atoms with Gasteiger partial charge in [-0.25, -0.2) is 4.79 Å². The second kappa shape index (κ2) is 11.2. The van der Waals surface area contributed by atoms with E-state index >= 15 is 0 Å². The first kappa shape index (κ1) is 27.7. The minimum absolute atomic E-state index is 0.0578. The van der Waals surface area contributed by atoms with Crippen molar-refractivity contribution in [1.29, 1.82) is 0 Å². The van der Waals surface area contributed by atoms with E-state index in [0.29, 0.717) is 12.5 Å². The molecule has 0 aromatic heterocycles. The molecule has 1 aliphatic rings. The molecule has 1 aromatic carbocycles. The minimum atomic E-state index is -0.441. The summed E-state index contributed by atoms with van der Waals surface area (Å²) in [4.78, 5) is 12.8. The first-order valence-corrected chi connectivity index (χ1v) is 12.7. The Hall–Kier alpha value is -1.59. The van der Waals surface area contributed by atoms with Gasteiger partial charge in [-0.3, -0.25) is 0 Å². The molecule has 5 heteroatoms. The summed E-state index contributed by atoms with van der Waals surface area (Å²) in [5.41, 5.74) is 0.564. The minimum Gasteiger partial charge on any atom is -0.490 e. The number of carbonyl (C=O) groups excluding carboxylic acids is 1. The summed E-state index contributed by atoms with van der Waals surface area (Å²) in [5, 5.41) is 0. The average Bonchev–Trinajstić information content (AvgIpc) is 3.09. The molecule has 0 radical (unpaired) electrons. The van der Waals surface area contributed by atoms with Crippen LogP contribution >= 0.6 is 0 Å². The number of likely N-dealkylation sites (tertiary alicyclic amines) is 1. The molecule has 0 saturated carbocycles. The van der Waals surface area contributed by atoms with Crippen LogP contribution in [0.3, 0.4) is 0 Å². The van der Waals surface area contributed by atoms with Crippen LogP contribution in [-0.4, -0.2) is 60.5 Å². The van der Waals surface area contributed by atoms with Gasteiger partial charge in [-0.15, -0.1) is 0 Å². The predicted octanol–water partition coefficient (Wildman–Crippen LogP) is 5.92. The summed E-state index contributed by atoms with van der Waals surface area (Å²) >= 11 is 0. The van der Waals surface area contributed by atoms with Crippen LogP contribution < -0.4 is 4.74 Å². The molecule has 1 aliphatic heterocycles. The van der Waals surface area contributed by atoms with Crippen molar-refractivity contribution in [2.45, 2.75) is 104 Å². The van der Waals surface area contributed by atoms with Crippen molar-refractivity contribution in [3.63, 3.8) is 0 Å². The number of quaternary nitrogens is 1. The summed E-state index contributed by atoms with van der Waals surface area (Å²) < 4.78 is 18.9. The first-order valence-electron chi connectivity index (χ1n) is 12.7. The van der Waals surface area contributed by atoms with E-state index in [4.69, 9.17) is 14.2 Å². The molecule has 1 saturated heterocycles. The van der Waals surface area contributed by atoms with Gasteiger partial charge in [0.1, 0.15) is 11.4 Å². The fourth-order valence-corrected chi connectivity index (χ4v) is 4.42. The maximum atomic E-state index is 12.8. The summed E-state index contributed by atoms with van der Waals surface area (Å²) in [6.45, 7) is 19.2. The topological polar surface area (TPSA) is 44.8 Å². The van der Waals surface area contributed by atoms with E-state index in [1.807, 2.05) is 32.9 Å². The molecule has 1 fully saturated rings. The van der Waals surface area contributed by atoms with Gasteiger partial charge < -0.3 is 18.7 Å². The van der Waals surface area contributed by atoms with Crippen LogP contribution in [0.15, 0.2) is 24.3 Å². The molecule has 4 atom stereocenters. The highest BCUT2D eigenvalue weighted by Gasteiger charge is 2.45. The lowest BCUT2D eigenvalue weighted by Gasteiger charge is -2.38. The number of hydrogen-bond acceptors (Lipinski definition) is 4. The van der Waals surface area contributed by atoms with E-state index in [9.17, 15) is 4.79 Å². The number of rotatable bonds is 11. The fraction of sp³-hybridized carbons (Fsp3) is 0.750. The van der Waals surface area contributed by atoms with Crippen molar-refractivity contribution in [3.8, 4) is 5.75 Å². The number of aryl methyl sites for hydroxylation is 1. The van der Waals surface area contributed by atoms with Gasteiger partial charge in [0.05, 0.1) is 31.8 Å². The van der Waals surface area contributed by atoms with Crippen molar-refractivity contribution >= 4 is 5.97 Å². The number of benzene rings is 1. The highest BCUT2D eigenvalue weighted by molar-refractivity contribution is 5.75. The molecular weight excluding hydrogens is 414 g/mol. The summed E-state index contributed by atoms with van der Waals surface area (Å²) in [7, 11) is 2.20. The average molecular weight is 463 g/mol. The molecule has 0 spiro atoms. The van der Waals surface area contributed by atoms with Gasteiger partial charge in [0.2, 0.25) is 0 Å². The lowest BCUT2D eigenvalue weighted by molar-refractivity contribution is -0.914. The molecule has 0 bridgehead atoms. The molecular formula is C28H48NO4+. The third-order valence-electron chi connectivity index (χ3n) is 7.01. The molecule has 0 N–H and O–H groups in total. The highest BCUT2D eigenvalue weighted by atomic mass is 16.6. The van der Waals surface area contributed by atoms with Crippen LogP contribution in [0.5, 0.6) is 5.75 Å². The van der Waals surface area contributed by atoms with Gasteiger partial charge in [0.15, 0.2) is 6.04 Å². The van der Waals surface area contributed by atoms with E-state index < -0.39 is 5.60 Å². The Balaban J connectivity index is 1.79. The molecule has 0 aliphatic carbocycles. The number of hydrogen-bond donors (Lipinski definition) is 0. The molecule has 0 amide bonds. The van der Waals surface area contributed by atoms with Gasteiger partial charge in [-0.2, -0.15) is 0 Å². The van der Waals surface area contributed by atoms with E-state index in [1.165, 1.54) is 5.56 Å². The van der Waals surface area contributed by atoms with Crippen LogP contribution in [-0.2, 0) is 14.3 Å². The maximum Gasteiger partial charge on any atom is 0.365 e. The van der Waals surface area contributed by atoms with E-state index in [0.717, 1.165) is 49.0 Å². The number of ether oxygens (including phenoxy) is 3. The van der Waals surface area contributed by atoms with Gasteiger partial charge in [-0.1, -0.05) is 24.6 Å². The summed E-state index contributed by atoms with van der Waals surface area (Å²) in [6.07, 6.45) is 3.96. The second-order valence-corrected chi connectivity index (χ2v) is 11.9. The van der Waals surface area contributed by atoms with E-state index in [2.05, 4.69) is 53.8 Å². The van der Waals surface area contributed by atoms with Gasteiger partial charge in [-0.05, 0) is 72.9 Å². The molecule has 4 unspecified atom stereocenters. The molecule has 1 aromatic rings. The van der Waals surface area contributed by atoms with Crippen molar-refractivity contribution < 1.29 is 23.5 Å². The number of nitrogens with zero attached hydrogens (tertiary/aromatic N) is 1. The largest absolute Gasteiger partial charge is 0.490 e. The molecule has 1 heterocycles. The zero-order chi connectivity index (χ0) is 24.9. The standard InChI is InChI=1S/C28H48NO4/c1-21-12-14-24(15-13-21)32-23(3)22(2)16-20-31-28(7,8)17-19-29(9)18-10-11-25(29)26(30)33-27(4,5)6/h12-15,22-23,25H,10-11,16-20H2,1-9H3/q+1. The highest BCUT2D eigenvalue weighted by Crippen LogP contribution is 2.30. The summed E-state index contributed by atoms with van der Waals surface area (Å²) in [6, 6.07) is 8.15. The monoisotopic (exact) mass is 462 g/mol. The normalized spacial score (nSPS) is 23.2. The van der Waals surface area contributed by atoms with Crippen molar-refractivity contribution in [2.75, 3.05) is 26.7 Å². The zero-order valence-electron chi connectivity index (χ0n) is 22.6. The molecule has 5 nitrogen and oxygen atoms in total. The predicted molar refractivity (Wildman–Crippen MR) is 134 cm³/mol. The lowest BCUT2D eigenvalue weighted by atomic mass is 10.0.